The van der Waals surface area contributed by atoms with Crippen molar-refractivity contribution in [2.24, 2.45) is 0 Å². The van der Waals surface area contributed by atoms with Crippen molar-refractivity contribution in [2.75, 3.05) is 49.5 Å². The molecular weight excluding hydrogens is 583 g/mol. The third-order valence-electron chi connectivity index (χ3n) is 8.62. The van der Waals surface area contributed by atoms with Gasteiger partial charge in [0.05, 0.1) is 0 Å². The zero-order valence-corrected chi connectivity index (χ0v) is 26.6. The number of amides is 3. The summed E-state index contributed by atoms with van der Waals surface area (Å²) in [5.41, 5.74) is 5.66. The number of hydrogen-bond donors (Lipinski definition) is 1. The fraction of sp³-hybridized carbons (Fsp3) is 0.382. The maximum absolute atomic E-state index is 14.0. The van der Waals surface area contributed by atoms with Crippen LogP contribution in [0.15, 0.2) is 60.7 Å². The molecular formula is C34H40Cl2N4O3. The minimum atomic E-state index is -0.170. The van der Waals surface area contributed by atoms with Crippen LogP contribution in [0.25, 0.3) is 0 Å². The zero-order valence-electron chi connectivity index (χ0n) is 25.1. The van der Waals surface area contributed by atoms with Gasteiger partial charge in [-0.15, -0.1) is 12.4 Å². The van der Waals surface area contributed by atoms with Gasteiger partial charge < -0.3 is 15.1 Å². The van der Waals surface area contributed by atoms with Crippen molar-refractivity contribution in [1.82, 2.24) is 9.80 Å². The number of carbonyl (C=O) groups is 3. The third-order valence-corrected chi connectivity index (χ3v) is 8.85. The highest BCUT2D eigenvalue weighted by molar-refractivity contribution is 6.30. The molecule has 1 N–H and O–H groups in total. The Morgan fingerprint density at radius 3 is 2.33 bits per heavy atom. The fourth-order valence-electron chi connectivity index (χ4n) is 6.16. The van der Waals surface area contributed by atoms with Gasteiger partial charge in [0.15, 0.2) is 0 Å². The highest BCUT2D eigenvalue weighted by Crippen LogP contribution is 2.39. The summed E-state index contributed by atoms with van der Waals surface area (Å²) in [6.45, 7) is 10.4. The van der Waals surface area contributed by atoms with Crippen molar-refractivity contribution < 1.29 is 14.4 Å². The van der Waals surface area contributed by atoms with Crippen LogP contribution in [-0.2, 0) is 4.79 Å². The molecule has 3 amide bonds. The average molecular weight is 624 g/mol. The summed E-state index contributed by atoms with van der Waals surface area (Å²) < 4.78 is 0. The Kier molecular flexibility index (Phi) is 10.9. The first-order valence-electron chi connectivity index (χ1n) is 14.8. The van der Waals surface area contributed by atoms with E-state index in [0.717, 1.165) is 74.4 Å². The second-order valence-corrected chi connectivity index (χ2v) is 11.9. The normalized spacial score (nSPS) is 17.0. The maximum atomic E-state index is 14.0. The van der Waals surface area contributed by atoms with Gasteiger partial charge in [-0.1, -0.05) is 29.8 Å². The number of piperazine rings is 1. The third kappa shape index (κ3) is 7.58. The molecule has 0 spiro atoms. The molecule has 228 valence electrons. The predicted octanol–water partition coefficient (Wildman–Crippen LogP) is 6.71. The van der Waals surface area contributed by atoms with E-state index in [-0.39, 0.29) is 30.1 Å². The number of nitrogens with one attached hydrogen (secondary N) is 1. The van der Waals surface area contributed by atoms with Crippen molar-refractivity contribution in [3.63, 3.8) is 0 Å². The van der Waals surface area contributed by atoms with Gasteiger partial charge >= 0.3 is 0 Å². The maximum Gasteiger partial charge on any atom is 0.258 e. The number of carbonyl (C=O) groups excluding carboxylic acids is 3. The molecule has 7 nitrogen and oxygen atoms in total. The van der Waals surface area contributed by atoms with Gasteiger partial charge in [0, 0.05) is 67.2 Å². The predicted molar refractivity (Wildman–Crippen MR) is 176 cm³/mol. The van der Waals surface area contributed by atoms with E-state index in [4.69, 9.17) is 11.6 Å². The van der Waals surface area contributed by atoms with Crippen LogP contribution in [0.3, 0.4) is 0 Å². The monoisotopic (exact) mass is 622 g/mol. The number of fused-ring (bicyclic) bond motifs is 1. The van der Waals surface area contributed by atoms with Crippen molar-refractivity contribution in [3.05, 3.63) is 93.5 Å². The summed E-state index contributed by atoms with van der Waals surface area (Å²) in [4.78, 5) is 44.7. The molecule has 0 radical (unpaired) electrons. The fourth-order valence-corrected chi connectivity index (χ4v) is 6.34. The summed E-state index contributed by atoms with van der Waals surface area (Å²) >= 11 is 6.49. The molecule has 0 aliphatic carbocycles. The van der Waals surface area contributed by atoms with E-state index in [2.05, 4.69) is 10.2 Å². The lowest BCUT2D eigenvalue weighted by Crippen LogP contribution is -2.48. The van der Waals surface area contributed by atoms with E-state index >= 15 is 0 Å². The topological polar surface area (TPSA) is 73.0 Å². The van der Waals surface area contributed by atoms with Crippen LogP contribution in [0.4, 0.5) is 11.4 Å². The minimum Gasteiger partial charge on any atom is -0.340 e. The van der Waals surface area contributed by atoms with Crippen molar-refractivity contribution in [3.8, 4) is 0 Å². The Morgan fingerprint density at radius 2 is 1.63 bits per heavy atom. The largest absolute Gasteiger partial charge is 0.340 e. The summed E-state index contributed by atoms with van der Waals surface area (Å²) in [5, 5.41) is 3.64. The van der Waals surface area contributed by atoms with Crippen LogP contribution in [0.5, 0.6) is 0 Å². The highest BCUT2D eigenvalue weighted by atomic mass is 35.5. The quantitative estimate of drug-likeness (QED) is 0.332. The summed E-state index contributed by atoms with van der Waals surface area (Å²) in [6.07, 6.45) is 2.85. The van der Waals surface area contributed by atoms with Gasteiger partial charge in [0.2, 0.25) is 5.91 Å². The number of nitrogens with zero attached hydrogens (tertiary/aromatic N) is 3. The van der Waals surface area contributed by atoms with Crippen LogP contribution >= 0.6 is 24.0 Å². The van der Waals surface area contributed by atoms with Crippen LogP contribution in [0.1, 0.15) is 69.5 Å². The number of hydrogen-bond acceptors (Lipinski definition) is 4. The molecule has 2 aliphatic rings. The Balaban J connectivity index is 0.00000423. The van der Waals surface area contributed by atoms with Gasteiger partial charge in [-0.2, -0.15) is 0 Å². The Hall–Kier alpha value is -3.39. The SMILES string of the molecule is CC(=O)N1CCN(CCC2CCCN(C(=O)c3ccc(NC(=O)c4ccccc4C)cc3C)c3ccc(Cl)cc32)CC1.Cl. The minimum absolute atomic E-state index is 0. The summed E-state index contributed by atoms with van der Waals surface area (Å²) in [7, 11) is 0. The van der Waals surface area contributed by atoms with Gasteiger partial charge in [-0.3, -0.25) is 19.3 Å². The lowest BCUT2D eigenvalue weighted by molar-refractivity contribution is -0.130. The molecule has 0 bridgehead atoms. The molecule has 1 atom stereocenters. The van der Waals surface area contributed by atoms with E-state index in [0.29, 0.717) is 34.3 Å². The second kappa shape index (κ2) is 14.4. The lowest BCUT2D eigenvalue weighted by atomic mass is 9.90. The lowest BCUT2D eigenvalue weighted by Gasteiger charge is -2.35. The molecule has 5 rings (SSSR count). The number of aryl methyl sites for hydroxylation is 2. The van der Waals surface area contributed by atoms with Crippen molar-refractivity contribution >= 4 is 53.1 Å². The molecule has 3 aromatic rings. The zero-order chi connectivity index (χ0) is 29.8. The van der Waals surface area contributed by atoms with E-state index < -0.39 is 0 Å². The van der Waals surface area contributed by atoms with E-state index in [1.165, 1.54) is 0 Å². The molecule has 2 aliphatic heterocycles. The van der Waals surface area contributed by atoms with Gasteiger partial charge in [0.1, 0.15) is 0 Å². The van der Waals surface area contributed by atoms with Gasteiger partial charge in [-0.25, -0.2) is 0 Å². The number of halogens is 2. The van der Waals surface area contributed by atoms with Gasteiger partial charge in [0.25, 0.3) is 11.8 Å². The highest BCUT2D eigenvalue weighted by Gasteiger charge is 2.29. The van der Waals surface area contributed by atoms with Crippen molar-refractivity contribution in [2.45, 2.75) is 46.0 Å². The molecule has 1 fully saturated rings. The van der Waals surface area contributed by atoms with E-state index in [9.17, 15) is 14.4 Å². The van der Waals surface area contributed by atoms with Crippen LogP contribution < -0.4 is 10.2 Å². The van der Waals surface area contributed by atoms with Crippen LogP contribution in [0, 0.1) is 13.8 Å². The average Bonchev–Trinajstić information content (AvgIpc) is 3.15. The van der Waals surface area contributed by atoms with Crippen molar-refractivity contribution in [1.29, 1.82) is 0 Å². The molecule has 2 heterocycles. The smallest absolute Gasteiger partial charge is 0.258 e. The van der Waals surface area contributed by atoms with E-state index in [1.54, 1.807) is 19.1 Å². The molecule has 1 saturated heterocycles. The molecule has 9 heteroatoms. The Bertz CT molecular complexity index is 1490. The first-order chi connectivity index (χ1) is 20.2. The Morgan fingerprint density at radius 1 is 0.884 bits per heavy atom. The first kappa shape index (κ1) is 32.5. The number of rotatable bonds is 6. The molecule has 0 aromatic heterocycles. The standard InChI is InChI=1S/C34H39ClN4O3.ClH/c1-23-7-4-5-9-29(23)33(41)36-28-11-12-30(24(2)21-28)34(42)39-15-6-8-26(31-22-27(35)10-13-32(31)39)14-16-37-17-19-38(20-18-37)25(3)40;/h4-5,7,9-13,21-22,26H,6,8,14-20H2,1-3H3,(H,36,41);1H. The Labute approximate surface area is 265 Å². The first-order valence-corrected chi connectivity index (χ1v) is 15.2. The second-order valence-electron chi connectivity index (χ2n) is 11.4. The molecule has 43 heavy (non-hydrogen) atoms. The summed E-state index contributed by atoms with van der Waals surface area (Å²) in [6, 6.07) is 18.8. The number of anilines is 2. The molecule has 3 aromatic carbocycles. The number of benzene rings is 3. The van der Waals surface area contributed by atoms with Crippen LogP contribution in [0.2, 0.25) is 5.02 Å². The molecule has 0 saturated carbocycles. The van der Waals surface area contributed by atoms with E-state index in [1.807, 2.05) is 72.2 Å². The summed E-state index contributed by atoms with van der Waals surface area (Å²) in [5.74, 6) is 0.219. The molecule has 1 unspecified atom stereocenters. The van der Waals surface area contributed by atoms with Gasteiger partial charge in [-0.05, 0) is 105 Å². The van der Waals surface area contributed by atoms with Crippen LogP contribution in [-0.4, -0.2) is 66.8 Å².